The summed E-state index contributed by atoms with van der Waals surface area (Å²) in [7, 11) is 0. The highest BCUT2D eigenvalue weighted by Crippen LogP contribution is 2.55. The largest absolute Gasteiger partial charge is 0.466 e. The van der Waals surface area contributed by atoms with Gasteiger partial charge < -0.3 is 4.74 Å². The van der Waals surface area contributed by atoms with E-state index in [1.807, 2.05) is 0 Å². The maximum absolute atomic E-state index is 11.2. The van der Waals surface area contributed by atoms with Gasteiger partial charge in [-0.25, -0.2) is 0 Å². The molecule has 0 heterocycles. The molecule has 1 unspecified atom stereocenters. The third-order valence-electron chi connectivity index (χ3n) is 2.82. The fraction of sp³-hybridized carbons (Fsp3) is 0.778. The van der Waals surface area contributed by atoms with Crippen LogP contribution < -0.4 is 0 Å². The van der Waals surface area contributed by atoms with E-state index >= 15 is 0 Å². The molecule has 2 aliphatic rings. The molecule has 0 aliphatic heterocycles. The number of hydrogen-bond acceptors (Lipinski definition) is 3. The predicted octanol–water partition coefficient (Wildman–Crippen LogP) is 0.775. The summed E-state index contributed by atoms with van der Waals surface area (Å²) >= 11 is 0. The van der Waals surface area contributed by atoms with Crippen LogP contribution >= 0.6 is 0 Å². The molecule has 0 amide bonds. The fourth-order valence-electron chi connectivity index (χ4n) is 2.21. The smallest absolute Gasteiger partial charge is 0.309 e. The van der Waals surface area contributed by atoms with E-state index in [1.165, 1.54) is 0 Å². The van der Waals surface area contributed by atoms with Crippen LogP contribution in [-0.2, 0) is 14.3 Å². The lowest BCUT2D eigenvalue weighted by molar-refractivity contribution is -0.146. The Morgan fingerprint density at radius 3 is 2.92 bits per heavy atom. The van der Waals surface area contributed by atoms with Crippen molar-refractivity contribution >= 4 is 11.8 Å². The zero-order valence-corrected chi connectivity index (χ0v) is 7.08. The van der Waals surface area contributed by atoms with Crippen LogP contribution in [0, 0.1) is 17.8 Å². The summed E-state index contributed by atoms with van der Waals surface area (Å²) in [6.45, 7) is 2.21. The number of rotatable bonds is 2. The molecule has 0 spiro atoms. The maximum atomic E-state index is 11.2. The summed E-state index contributed by atoms with van der Waals surface area (Å²) in [6, 6.07) is 0. The van der Waals surface area contributed by atoms with Gasteiger partial charge in [-0.1, -0.05) is 0 Å². The van der Waals surface area contributed by atoms with Crippen molar-refractivity contribution in [3.63, 3.8) is 0 Å². The Kier molecular flexibility index (Phi) is 1.67. The number of Topliss-reactive ketones (excluding diaryl/α,β-unsaturated/α-hetero) is 1. The quantitative estimate of drug-likeness (QED) is 0.572. The molecule has 0 aromatic heterocycles. The third kappa shape index (κ3) is 0.958. The van der Waals surface area contributed by atoms with E-state index in [-0.39, 0.29) is 23.6 Å². The Labute approximate surface area is 71.1 Å². The van der Waals surface area contributed by atoms with Crippen molar-refractivity contribution < 1.29 is 14.3 Å². The molecule has 2 rings (SSSR count). The average molecular weight is 168 g/mol. The van der Waals surface area contributed by atoms with Crippen LogP contribution in [-0.4, -0.2) is 18.4 Å². The first-order valence-corrected chi connectivity index (χ1v) is 4.45. The number of carbonyl (C=O) groups is 2. The minimum Gasteiger partial charge on any atom is -0.466 e. The second-order valence-corrected chi connectivity index (χ2v) is 3.47. The SMILES string of the molecule is CCOC(=O)C1[C@H]2C(=O)CC[C@@H]12. The highest BCUT2D eigenvalue weighted by atomic mass is 16.5. The van der Waals surface area contributed by atoms with Gasteiger partial charge in [0.15, 0.2) is 0 Å². The Morgan fingerprint density at radius 2 is 2.42 bits per heavy atom. The van der Waals surface area contributed by atoms with E-state index < -0.39 is 0 Å². The Bertz CT molecular complexity index is 234. The van der Waals surface area contributed by atoms with Crippen molar-refractivity contribution in [2.75, 3.05) is 6.61 Å². The first kappa shape index (κ1) is 7.77. The monoisotopic (exact) mass is 168 g/mol. The lowest BCUT2D eigenvalue weighted by atomic mass is 10.1. The molecule has 0 radical (unpaired) electrons. The molecule has 0 aromatic carbocycles. The van der Waals surface area contributed by atoms with Crippen LogP contribution in [0.5, 0.6) is 0 Å². The molecule has 3 atom stereocenters. The van der Waals surface area contributed by atoms with E-state index in [4.69, 9.17) is 4.74 Å². The Hall–Kier alpha value is -0.860. The summed E-state index contributed by atoms with van der Waals surface area (Å²) in [4.78, 5) is 22.3. The summed E-state index contributed by atoms with van der Waals surface area (Å²) in [6.07, 6.45) is 1.57. The Morgan fingerprint density at radius 1 is 1.67 bits per heavy atom. The molecular weight excluding hydrogens is 156 g/mol. The normalized spacial score (nSPS) is 37.8. The van der Waals surface area contributed by atoms with Gasteiger partial charge in [-0.2, -0.15) is 0 Å². The second-order valence-electron chi connectivity index (χ2n) is 3.47. The summed E-state index contributed by atoms with van der Waals surface area (Å²) in [5.41, 5.74) is 0. The van der Waals surface area contributed by atoms with Crippen LogP contribution in [0.2, 0.25) is 0 Å². The van der Waals surface area contributed by atoms with E-state index in [1.54, 1.807) is 6.92 Å². The standard InChI is InChI=1S/C9H12O3/c1-2-12-9(11)8-5-3-4-6(10)7(5)8/h5,7-8H,2-4H2,1H3/t5-,7-,8?/m1/s1. The Balaban J connectivity index is 1.94. The molecular formula is C9H12O3. The van der Waals surface area contributed by atoms with Gasteiger partial charge in [-0.05, 0) is 19.3 Å². The predicted molar refractivity (Wildman–Crippen MR) is 41.3 cm³/mol. The van der Waals surface area contributed by atoms with Crippen LogP contribution in [0.3, 0.4) is 0 Å². The van der Waals surface area contributed by atoms with Gasteiger partial charge in [0.25, 0.3) is 0 Å². The number of hydrogen-bond donors (Lipinski definition) is 0. The number of fused-ring (bicyclic) bond motifs is 1. The highest BCUT2D eigenvalue weighted by molar-refractivity contribution is 5.94. The number of esters is 1. The van der Waals surface area contributed by atoms with Crippen molar-refractivity contribution in [1.82, 2.24) is 0 Å². The zero-order chi connectivity index (χ0) is 8.72. The van der Waals surface area contributed by atoms with Crippen molar-refractivity contribution in [3.05, 3.63) is 0 Å². The molecule has 2 saturated carbocycles. The topological polar surface area (TPSA) is 43.4 Å². The van der Waals surface area contributed by atoms with Crippen LogP contribution in [0.15, 0.2) is 0 Å². The van der Waals surface area contributed by atoms with Crippen molar-refractivity contribution in [1.29, 1.82) is 0 Å². The minimum absolute atomic E-state index is 0.0315. The van der Waals surface area contributed by atoms with E-state index in [2.05, 4.69) is 0 Å². The van der Waals surface area contributed by atoms with Crippen molar-refractivity contribution in [3.8, 4) is 0 Å². The van der Waals surface area contributed by atoms with Crippen molar-refractivity contribution in [2.45, 2.75) is 19.8 Å². The molecule has 2 aliphatic carbocycles. The summed E-state index contributed by atoms with van der Waals surface area (Å²) < 4.78 is 4.86. The van der Waals surface area contributed by atoms with Gasteiger partial charge in [-0.15, -0.1) is 0 Å². The van der Waals surface area contributed by atoms with Gasteiger partial charge in [0.2, 0.25) is 0 Å². The molecule has 0 N–H and O–H groups in total. The second kappa shape index (κ2) is 2.57. The third-order valence-corrected chi connectivity index (χ3v) is 2.82. The van der Waals surface area contributed by atoms with E-state index in [0.717, 1.165) is 6.42 Å². The lowest BCUT2D eigenvalue weighted by Crippen LogP contribution is -2.12. The number of ketones is 1. The fourth-order valence-corrected chi connectivity index (χ4v) is 2.21. The van der Waals surface area contributed by atoms with Crippen molar-refractivity contribution in [2.24, 2.45) is 17.8 Å². The molecule has 12 heavy (non-hydrogen) atoms. The molecule has 0 saturated heterocycles. The first-order chi connectivity index (χ1) is 5.75. The summed E-state index contributed by atoms with van der Waals surface area (Å²) in [5, 5.41) is 0. The van der Waals surface area contributed by atoms with Gasteiger partial charge in [0, 0.05) is 12.3 Å². The van der Waals surface area contributed by atoms with Gasteiger partial charge in [0.05, 0.1) is 12.5 Å². The minimum atomic E-state index is -0.166. The average Bonchev–Trinajstić information content (AvgIpc) is 2.65. The van der Waals surface area contributed by atoms with E-state index in [9.17, 15) is 9.59 Å². The van der Waals surface area contributed by atoms with Crippen LogP contribution in [0.25, 0.3) is 0 Å². The summed E-state index contributed by atoms with van der Waals surface area (Å²) in [5.74, 6) is 0.380. The maximum Gasteiger partial charge on any atom is 0.309 e. The molecule has 0 aromatic rings. The van der Waals surface area contributed by atoms with Gasteiger partial charge in [-0.3, -0.25) is 9.59 Å². The molecule has 0 bridgehead atoms. The zero-order valence-electron chi connectivity index (χ0n) is 7.08. The van der Waals surface area contributed by atoms with Crippen LogP contribution in [0.1, 0.15) is 19.8 Å². The lowest BCUT2D eigenvalue weighted by Gasteiger charge is -2.01. The molecule has 2 fully saturated rings. The molecule has 3 nitrogen and oxygen atoms in total. The molecule has 66 valence electrons. The highest BCUT2D eigenvalue weighted by Gasteiger charge is 2.62. The van der Waals surface area contributed by atoms with Crippen LogP contribution in [0.4, 0.5) is 0 Å². The van der Waals surface area contributed by atoms with Gasteiger partial charge >= 0.3 is 5.97 Å². The van der Waals surface area contributed by atoms with Gasteiger partial charge in [0.1, 0.15) is 5.78 Å². The van der Waals surface area contributed by atoms with E-state index in [0.29, 0.717) is 18.9 Å². The number of carbonyl (C=O) groups excluding carboxylic acids is 2. The first-order valence-electron chi connectivity index (χ1n) is 4.45. The number of ether oxygens (including phenoxy) is 1. The molecule has 3 heteroatoms.